The van der Waals surface area contributed by atoms with E-state index in [1.165, 1.54) is 52.4 Å². The molecule has 0 saturated heterocycles. The van der Waals surface area contributed by atoms with Crippen LogP contribution in [-0.2, 0) is 16.0 Å². The highest BCUT2D eigenvalue weighted by Crippen LogP contribution is 2.32. The molecule has 8 nitrogen and oxygen atoms in total. The fourth-order valence-electron chi connectivity index (χ4n) is 2.78. The molecule has 1 aromatic heterocycles. The summed E-state index contributed by atoms with van der Waals surface area (Å²) < 4.78 is 6.55. The molecule has 0 fully saturated rings. The zero-order valence-corrected chi connectivity index (χ0v) is 17.0. The van der Waals surface area contributed by atoms with Gasteiger partial charge in [0.15, 0.2) is 5.16 Å². The largest absolute Gasteiger partial charge is 0.465 e. The summed E-state index contributed by atoms with van der Waals surface area (Å²) in [6.07, 6.45) is 1.21. The molecule has 0 radical (unpaired) electrons. The number of rotatable bonds is 7. The van der Waals surface area contributed by atoms with Crippen LogP contribution in [0.2, 0.25) is 0 Å². The Bertz CT molecular complexity index is 959. The molecular weight excluding hydrogens is 402 g/mol. The summed E-state index contributed by atoms with van der Waals surface area (Å²) in [5, 5.41) is 10.8. The van der Waals surface area contributed by atoms with E-state index < -0.39 is 10.2 Å². The van der Waals surface area contributed by atoms with Gasteiger partial charge in [-0.15, -0.1) is 11.8 Å². The molecule has 0 amide bonds. The van der Waals surface area contributed by atoms with Gasteiger partial charge in [-0.1, -0.05) is 18.7 Å². The molecule has 0 bridgehead atoms. The molecule has 1 unspecified atom stereocenters. The highest BCUT2D eigenvalue weighted by atomic mass is 32.2. The third-order valence-corrected chi connectivity index (χ3v) is 6.56. The van der Waals surface area contributed by atoms with Crippen LogP contribution in [0.15, 0.2) is 39.1 Å². The van der Waals surface area contributed by atoms with E-state index in [1.807, 2.05) is 6.92 Å². The van der Waals surface area contributed by atoms with Crippen LogP contribution in [0.4, 0.5) is 5.69 Å². The van der Waals surface area contributed by atoms with Gasteiger partial charge in [-0.05, 0) is 25.5 Å². The zero-order chi connectivity index (χ0) is 20.3. The second kappa shape index (κ2) is 8.78. The summed E-state index contributed by atoms with van der Waals surface area (Å²) in [6, 6.07) is 5.73. The van der Waals surface area contributed by atoms with Crippen LogP contribution in [0.5, 0.6) is 0 Å². The number of hydrogen-bond acceptors (Lipinski definition) is 8. The summed E-state index contributed by atoms with van der Waals surface area (Å²) in [6.45, 7) is 3.89. The molecule has 1 atom stereocenters. The number of benzene rings is 1. The Labute approximate surface area is 169 Å². The molecule has 0 aliphatic carbocycles. The van der Waals surface area contributed by atoms with Crippen molar-refractivity contribution < 1.29 is 14.5 Å². The van der Waals surface area contributed by atoms with Crippen molar-refractivity contribution in [3.8, 4) is 5.69 Å². The van der Waals surface area contributed by atoms with E-state index in [-0.39, 0.29) is 23.8 Å². The maximum absolute atomic E-state index is 13.1. The number of ether oxygens (including phenoxy) is 1. The van der Waals surface area contributed by atoms with Crippen molar-refractivity contribution in [2.75, 3.05) is 12.4 Å². The molecule has 10 heteroatoms. The van der Waals surface area contributed by atoms with Crippen LogP contribution in [0, 0.1) is 10.1 Å². The van der Waals surface area contributed by atoms with Crippen molar-refractivity contribution in [3.05, 3.63) is 50.4 Å². The quantitative estimate of drug-likeness (QED) is 0.221. The van der Waals surface area contributed by atoms with Gasteiger partial charge in [-0.2, -0.15) is 0 Å². The van der Waals surface area contributed by atoms with Crippen molar-refractivity contribution in [1.29, 1.82) is 0 Å². The fraction of sp³-hybridized carbons (Fsp3) is 0.389. The fourth-order valence-corrected chi connectivity index (χ4v) is 4.85. The summed E-state index contributed by atoms with van der Waals surface area (Å²) in [4.78, 5) is 41.0. The van der Waals surface area contributed by atoms with Gasteiger partial charge in [0.2, 0.25) is 0 Å². The number of nitro benzene ring substituents is 1. The van der Waals surface area contributed by atoms with Gasteiger partial charge >= 0.3 is 5.97 Å². The maximum atomic E-state index is 13.1. The lowest BCUT2D eigenvalue weighted by molar-refractivity contribution is -0.384. The van der Waals surface area contributed by atoms with Crippen LogP contribution in [0.25, 0.3) is 5.69 Å². The number of aryl methyl sites for hydroxylation is 1. The minimum atomic E-state index is -0.497. The van der Waals surface area contributed by atoms with E-state index in [1.54, 1.807) is 6.92 Å². The lowest BCUT2D eigenvalue weighted by atomic mass is 10.2. The maximum Gasteiger partial charge on any atom is 0.319 e. The first-order valence-corrected chi connectivity index (χ1v) is 10.7. The van der Waals surface area contributed by atoms with Crippen LogP contribution < -0.4 is 5.56 Å². The molecule has 2 heterocycles. The SMILES string of the molecule is CCOC(=O)C(CC)Sc1nc2c(c(=O)n1-c1ccc([N+](=O)[O-])cc1)SCC2. The minimum Gasteiger partial charge on any atom is -0.465 e. The summed E-state index contributed by atoms with van der Waals surface area (Å²) >= 11 is 2.64. The molecule has 1 aliphatic rings. The van der Waals surface area contributed by atoms with E-state index in [0.717, 1.165) is 11.4 Å². The first-order chi connectivity index (χ1) is 13.5. The van der Waals surface area contributed by atoms with E-state index in [9.17, 15) is 19.7 Å². The van der Waals surface area contributed by atoms with E-state index in [2.05, 4.69) is 4.98 Å². The van der Waals surface area contributed by atoms with Crippen LogP contribution in [0.3, 0.4) is 0 Å². The molecule has 0 N–H and O–H groups in total. The van der Waals surface area contributed by atoms with Crippen molar-refractivity contribution in [1.82, 2.24) is 9.55 Å². The molecule has 0 saturated carbocycles. The van der Waals surface area contributed by atoms with Gasteiger partial charge in [0, 0.05) is 24.3 Å². The number of nitrogens with zero attached hydrogens (tertiary/aromatic N) is 3. The Morgan fingerprint density at radius 1 is 1.39 bits per heavy atom. The molecule has 3 rings (SSSR count). The Balaban J connectivity index is 2.08. The molecular formula is C18H19N3O5S2. The Hall–Kier alpha value is -2.33. The first kappa shape index (κ1) is 20.4. The molecule has 2 aromatic rings. The van der Waals surface area contributed by atoms with Gasteiger partial charge in [-0.25, -0.2) is 4.98 Å². The molecule has 28 heavy (non-hydrogen) atoms. The molecule has 148 valence electrons. The number of nitro groups is 1. The molecule has 1 aliphatic heterocycles. The lowest BCUT2D eigenvalue weighted by Crippen LogP contribution is -2.26. The predicted octanol–water partition coefficient (Wildman–Crippen LogP) is 3.22. The van der Waals surface area contributed by atoms with E-state index in [0.29, 0.717) is 28.6 Å². The smallest absolute Gasteiger partial charge is 0.319 e. The van der Waals surface area contributed by atoms with Crippen molar-refractivity contribution in [3.63, 3.8) is 0 Å². The summed E-state index contributed by atoms with van der Waals surface area (Å²) in [5.74, 6) is 0.426. The minimum absolute atomic E-state index is 0.0625. The Kier molecular flexibility index (Phi) is 6.40. The standard InChI is InChI=1S/C18H19N3O5S2/c1-3-14(17(23)26-4-2)28-18-19-13-9-10-27-15(13)16(22)20(18)11-5-7-12(8-6-11)21(24)25/h5-8,14H,3-4,9-10H2,1-2H3. The van der Waals surface area contributed by atoms with Gasteiger partial charge in [0.25, 0.3) is 11.2 Å². The number of carbonyl (C=O) groups excluding carboxylic acids is 1. The van der Waals surface area contributed by atoms with Crippen LogP contribution >= 0.6 is 23.5 Å². The summed E-state index contributed by atoms with van der Waals surface area (Å²) in [5.41, 5.74) is 0.920. The van der Waals surface area contributed by atoms with Gasteiger partial charge in [0.05, 0.1) is 27.8 Å². The number of carbonyl (C=O) groups is 1. The third kappa shape index (κ3) is 4.07. The van der Waals surface area contributed by atoms with E-state index in [4.69, 9.17) is 4.74 Å². The van der Waals surface area contributed by atoms with Gasteiger partial charge < -0.3 is 4.74 Å². The summed E-state index contributed by atoms with van der Waals surface area (Å²) in [7, 11) is 0. The number of fused-ring (bicyclic) bond motifs is 1. The van der Waals surface area contributed by atoms with Crippen molar-refractivity contribution in [2.45, 2.75) is 42.0 Å². The first-order valence-electron chi connectivity index (χ1n) is 8.83. The Morgan fingerprint density at radius 2 is 2.11 bits per heavy atom. The number of aromatic nitrogens is 2. The topological polar surface area (TPSA) is 104 Å². The zero-order valence-electron chi connectivity index (χ0n) is 15.4. The number of thioether (sulfide) groups is 2. The van der Waals surface area contributed by atoms with Gasteiger partial charge in [-0.3, -0.25) is 24.3 Å². The van der Waals surface area contributed by atoms with Crippen LogP contribution in [0.1, 0.15) is 26.0 Å². The second-order valence-electron chi connectivity index (χ2n) is 5.95. The average Bonchev–Trinajstić information content (AvgIpc) is 3.15. The van der Waals surface area contributed by atoms with Crippen molar-refractivity contribution >= 4 is 35.2 Å². The lowest BCUT2D eigenvalue weighted by Gasteiger charge is -2.17. The predicted molar refractivity (Wildman–Crippen MR) is 107 cm³/mol. The monoisotopic (exact) mass is 421 g/mol. The van der Waals surface area contributed by atoms with Crippen LogP contribution in [-0.4, -0.2) is 38.1 Å². The number of non-ortho nitro benzene ring substituents is 1. The van der Waals surface area contributed by atoms with Gasteiger partial charge in [0.1, 0.15) is 5.25 Å². The highest BCUT2D eigenvalue weighted by molar-refractivity contribution is 8.00. The normalized spacial score (nSPS) is 13.8. The van der Waals surface area contributed by atoms with Crippen molar-refractivity contribution in [2.24, 2.45) is 0 Å². The number of hydrogen-bond donors (Lipinski definition) is 0. The number of esters is 1. The van der Waals surface area contributed by atoms with E-state index >= 15 is 0 Å². The third-order valence-electron chi connectivity index (χ3n) is 4.15. The average molecular weight is 422 g/mol. The molecule has 1 aromatic carbocycles. The highest BCUT2D eigenvalue weighted by Gasteiger charge is 2.27. The molecule has 0 spiro atoms. The Morgan fingerprint density at radius 3 is 2.71 bits per heavy atom. The second-order valence-corrected chi connectivity index (χ2v) is 8.22.